The second-order valence-electron chi connectivity index (χ2n) is 11.4. The number of furan rings is 1. The summed E-state index contributed by atoms with van der Waals surface area (Å²) in [6.45, 7) is 0. The van der Waals surface area contributed by atoms with Crippen molar-refractivity contribution in [3.8, 4) is 44.5 Å². The monoisotopic (exact) mass is 549 g/mol. The SMILES string of the molecule is c1ccc(Nc2ccc3c(c2)C2(c4ccc(-c5ccccc5)cc4-c4cc(-c5ccccc5)ccc42)c2occc2-3)cc1. The third-order valence-electron chi connectivity index (χ3n) is 9.13. The summed E-state index contributed by atoms with van der Waals surface area (Å²) in [6, 6.07) is 54.5. The van der Waals surface area contributed by atoms with Crippen LogP contribution in [0.1, 0.15) is 22.5 Å². The summed E-state index contributed by atoms with van der Waals surface area (Å²) in [5.41, 5.74) is 15.1. The van der Waals surface area contributed by atoms with E-state index in [9.17, 15) is 0 Å². The third-order valence-corrected chi connectivity index (χ3v) is 9.13. The molecule has 0 fully saturated rings. The predicted molar refractivity (Wildman–Crippen MR) is 176 cm³/mol. The molecule has 1 spiro atoms. The van der Waals surface area contributed by atoms with Gasteiger partial charge in [-0.15, -0.1) is 0 Å². The summed E-state index contributed by atoms with van der Waals surface area (Å²) in [4.78, 5) is 0. The van der Waals surface area contributed by atoms with E-state index < -0.39 is 5.41 Å². The van der Waals surface area contributed by atoms with Crippen LogP contribution in [0.4, 0.5) is 11.4 Å². The Morgan fingerprint density at radius 2 is 0.977 bits per heavy atom. The molecule has 0 atom stereocenters. The molecule has 1 heterocycles. The van der Waals surface area contributed by atoms with Gasteiger partial charge < -0.3 is 9.73 Å². The third kappa shape index (κ3) is 3.47. The zero-order valence-electron chi connectivity index (χ0n) is 23.4. The summed E-state index contributed by atoms with van der Waals surface area (Å²) < 4.78 is 6.48. The number of nitrogens with one attached hydrogen (secondary N) is 1. The average molecular weight is 550 g/mol. The Labute approximate surface area is 250 Å². The lowest BCUT2D eigenvalue weighted by molar-refractivity contribution is 0.474. The number of hydrogen-bond donors (Lipinski definition) is 1. The van der Waals surface area contributed by atoms with Gasteiger partial charge in [0, 0.05) is 16.9 Å². The summed E-state index contributed by atoms with van der Waals surface area (Å²) >= 11 is 0. The van der Waals surface area contributed by atoms with E-state index in [2.05, 4.69) is 151 Å². The van der Waals surface area contributed by atoms with Crippen molar-refractivity contribution in [2.24, 2.45) is 0 Å². The van der Waals surface area contributed by atoms with E-state index in [1.165, 1.54) is 61.2 Å². The van der Waals surface area contributed by atoms with E-state index in [1.54, 1.807) is 0 Å². The Morgan fingerprint density at radius 3 is 1.58 bits per heavy atom. The molecule has 1 N–H and O–H groups in total. The Balaban J connectivity index is 1.32. The molecule has 0 amide bonds. The van der Waals surface area contributed by atoms with Crippen LogP contribution in [0, 0.1) is 0 Å². The van der Waals surface area contributed by atoms with Gasteiger partial charge in [0.15, 0.2) is 0 Å². The van der Waals surface area contributed by atoms with Gasteiger partial charge in [0.05, 0.1) is 6.26 Å². The van der Waals surface area contributed by atoms with Gasteiger partial charge in [-0.05, 0) is 98.1 Å². The molecule has 7 aromatic rings. The molecule has 2 aliphatic rings. The maximum Gasteiger partial charge on any atom is 0.131 e. The van der Waals surface area contributed by atoms with Crippen molar-refractivity contribution in [1.29, 1.82) is 0 Å². The van der Waals surface area contributed by atoms with Crippen LogP contribution in [0.25, 0.3) is 44.5 Å². The van der Waals surface area contributed by atoms with Gasteiger partial charge >= 0.3 is 0 Å². The Hall–Kier alpha value is -5.60. The molecular formula is C41H27NO. The maximum absolute atomic E-state index is 6.48. The molecule has 0 bridgehead atoms. The molecule has 0 aliphatic heterocycles. The molecule has 0 radical (unpaired) electrons. The number of para-hydroxylation sites is 1. The van der Waals surface area contributed by atoms with Crippen molar-refractivity contribution in [3.05, 3.63) is 180 Å². The second-order valence-corrected chi connectivity index (χ2v) is 11.4. The van der Waals surface area contributed by atoms with Crippen molar-refractivity contribution in [2.75, 3.05) is 5.32 Å². The molecule has 0 saturated carbocycles. The van der Waals surface area contributed by atoms with Crippen LogP contribution in [0.2, 0.25) is 0 Å². The maximum atomic E-state index is 6.48. The summed E-state index contributed by atoms with van der Waals surface area (Å²) in [6.07, 6.45) is 1.85. The standard InChI is InChI=1S/C41H27NO/c1-4-10-27(11-5-1)29-16-20-37-35(24-29)36-25-30(28-12-6-2-7-13-28)17-21-38(36)41(37)39-26-32(42-31-14-8-3-9-15-31)18-19-33(39)34-22-23-43-40(34)41/h1-26,42H. The molecule has 43 heavy (non-hydrogen) atoms. The van der Waals surface area contributed by atoms with Crippen molar-refractivity contribution in [1.82, 2.24) is 0 Å². The van der Waals surface area contributed by atoms with Crippen molar-refractivity contribution >= 4 is 11.4 Å². The van der Waals surface area contributed by atoms with E-state index >= 15 is 0 Å². The van der Waals surface area contributed by atoms with Crippen molar-refractivity contribution in [3.63, 3.8) is 0 Å². The Kier molecular flexibility index (Phi) is 5.15. The van der Waals surface area contributed by atoms with Crippen molar-refractivity contribution < 1.29 is 4.42 Å². The zero-order chi connectivity index (χ0) is 28.4. The van der Waals surface area contributed by atoms with Crippen LogP contribution in [0.5, 0.6) is 0 Å². The lowest BCUT2D eigenvalue weighted by Gasteiger charge is -2.28. The predicted octanol–water partition coefficient (Wildman–Crippen LogP) is 10.7. The van der Waals surface area contributed by atoms with Gasteiger partial charge in [-0.25, -0.2) is 0 Å². The van der Waals surface area contributed by atoms with E-state index in [0.29, 0.717) is 0 Å². The Bertz CT molecular complexity index is 2050. The molecule has 6 aromatic carbocycles. The average Bonchev–Trinajstić information content (AvgIpc) is 3.74. The van der Waals surface area contributed by atoms with Crippen LogP contribution < -0.4 is 5.32 Å². The van der Waals surface area contributed by atoms with Gasteiger partial charge in [-0.1, -0.05) is 109 Å². The second kappa shape index (κ2) is 9.20. The topological polar surface area (TPSA) is 25.2 Å². The van der Waals surface area contributed by atoms with Gasteiger partial charge in [-0.2, -0.15) is 0 Å². The van der Waals surface area contributed by atoms with E-state index in [0.717, 1.165) is 17.1 Å². The van der Waals surface area contributed by atoms with Crippen LogP contribution in [0.3, 0.4) is 0 Å². The number of fused-ring (bicyclic) bond motifs is 10. The highest BCUT2D eigenvalue weighted by Crippen LogP contribution is 2.64. The zero-order valence-corrected chi connectivity index (χ0v) is 23.4. The van der Waals surface area contributed by atoms with E-state index in [-0.39, 0.29) is 0 Å². The van der Waals surface area contributed by atoms with E-state index in [4.69, 9.17) is 4.42 Å². The first-order valence-electron chi connectivity index (χ1n) is 14.8. The molecule has 9 rings (SSSR count). The minimum Gasteiger partial charge on any atom is -0.467 e. The fraction of sp³-hybridized carbons (Fsp3) is 0.0244. The smallest absolute Gasteiger partial charge is 0.131 e. The fourth-order valence-corrected chi connectivity index (χ4v) is 7.28. The lowest BCUT2D eigenvalue weighted by Crippen LogP contribution is -2.25. The lowest BCUT2D eigenvalue weighted by atomic mass is 9.73. The summed E-state index contributed by atoms with van der Waals surface area (Å²) in [7, 11) is 0. The van der Waals surface area contributed by atoms with Crippen LogP contribution in [-0.2, 0) is 5.41 Å². The highest BCUT2D eigenvalue weighted by Gasteiger charge is 2.54. The molecule has 2 heteroatoms. The van der Waals surface area contributed by atoms with Crippen molar-refractivity contribution in [2.45, 2.75) is 5.41 Å². The molecule has 2 nitrogen and oxygen atoms in total. The highest BCUT2D eigenvalue weighted by molar-refractivity contribution is 5.96. The van der Waals surface area contributed by atoms with Crippen LogP contribution in [-0.4, -0.2) is 0 Å². The summed E-state index contributed by atoms with van der Waals surface area (Å²) in [5.74, 6) is 0.999. The molecule has 2 aliphatic carbocycles. The van der Waals surface area contributed by atoms with Gasteiger partial charge in [-0.3, -0.25) is 0 Å². The first kappa shape index (κ1) is 24.0. The number of rotatable bonds is 4. The number of benzene rings is 6. The molecule has 202 valence electrons. The number of anilines is 2. The minimum absolute atomic E-state index is 0.544. The normalized spacial score (nSPS) is 13.3. The Morgan fingerprint density at radius 1 is 0.395 bits per heavy atom. The molecule has 0 saturated heterocycles. The van der Waals surface area contributed by atoms with Crippen LogP contribution >= 0.6 is 0 Å². The van der Waals surface area contributed by atoms with Gasteiger partial charge in [0.2, 0.25) is 0 Å². The van der Waals surface area contributed by atoms with Gasteiger partial charge in [0.1, 0.15) is 11.2 Å². The van der Waals surface area contributed by atoms with E-state index in [1.807, 2.05) is 12.3 Å². The first-order valence-corrected chi connectivity index (χ1v) is 14.8. The minimum atomic E-state index is -0.544. The quantitative estimate of drug-likeness (QED) is 0.236. The summed E-state index contributed by atoms with van der Waals surface area (Å²) in [5, 5.41) is 3.64. The van der Waals surface area contributed by atoms with Crippen LogP contribution in [0.15, 0.2) is 162 Å². The molecular weight excluding hydrogens is 522 g/mol. The highest BCUT2D eigenvalue weighted by atomic mass is 16.3. The number of hydrogen-bond acceptors (Lipinski definition) is 2. The first-order chi connectivity index (χ1) is 21.3. The molecule has 1 aromatic heterocycles. The largest absolute Gasteiger partial charge is 0.467 e. The fourth-order valence-electron chi connectivity index (χ4n) is 7.28. The molecule has 0 unspecified atom stereocenters. The van der Waals surface area contributed by atoms with Gasteiger partial charge in [0.25, 0.3) is 0 Å².